The lowest BCUT2D eigenvalue weighted by atomic mass is 10.1. The van der Waals surface area contributed by atoms with Crippen LogP contribution in [0, 0.1) is 0 Å². The molecule has 1 heterocycles. The Balaban J connectivity index is 0.000000672. The Morgan fingerprint density at radius 3 is 2.28 bits per heavy atom. The summed E-state index contributed by atoms with van der Waals surface area (Å²) in [5, 5.41) is 3.00. The summed E-state index contributed by atoms with van der Waals surface area (Å²) in [7, 11) is 1.31. The molecule has 10 heteroatoms. The quantitative estimate of drug-likeness (QED) is 0.425. The number of imide groups is 1. The molecule has 0 spiro atoms. The van der Waals surface area contributed by atoms with Gasteiger partial charge in [0.15, 0.2) is 6.10 Å². The number of anilines is 1. The maximum Gasteiger partial charge on any atom is 0.534 e. The predicted molar refractivity (Wildman–Crippen MR) is 112 cm³/mol. The van der Waals surface area contributed by atoms with Crippen LogP contribution in [-0.2, 0) is 33.5 Å². The van der Waals surface area contributed by atoms with Crippen molar-refractivity contribution in [1.82, 2.24) is 5.06 Å². The van der Waals surface area contributed by atoms with Gasteiger partial charge in [-0.25, -0.2) is 4.79 Å². The molecule has 1 aliphatic carbocycles. The molecule has 168 valence electrons. The smallest absolute Gasteiger partial charge is 0.471 e. The molecule has 0 radical (unpaired) electrons. The highest BCUT2D eigenvalue weighted by atomic mass is 16.8. The normalized spacial score (nSPS) is 15.3. The van der Waals surface area contributed by atoms with E-state index in [9.17, 15) is 19.2 Å². The van der Waals surface area contributed by atoms with Crippen LogP contribution in [-0.4, -0.2) is 43.0 Å². The van der Waals surface area contributed by atoms with E-state index in [1.165, 1.54) is 7.11 Å². The fourth-order valence-electron chi connectivity index (χ4n) is 3.30. The molecule has 2 aliphatic rings. The first-order valence-electron chi connectivity index (χ1n) is 9.14. The molecular formula is C22H22N2O8. The van der Waals surface area contributed by atoms with Crippen molar-refractivity contribution >= 4 is 36.5 Å². The number of hydroxylamine groups is 2. The maximum absolute atomic E-state index is 12.2. The summed E-state index contributed by atoms with van der Waals surface area (Å²) < 4.78 is 9.29. The van der Waals surface area contributed by atoms with Crippen LogP contribution in [0.2, 0.25) is 0 Å². The van der Waals surface area contributed by atoms with Gasteiger partial charge in [-0.05, 0) is 23.3 Å². The third kappa shape index (κ3) is 4.91. The van der Waals surface area contributed by atoms with E-state index in [1.807, 2.05) is 30.3 Å². The van der Waals surface area contributed by atoms with Crippen molar-refractivity contribution in [2.75, 3.05) is 12.4 Å². The largest absolute Gasteiger partial charge is 0.534 e. The van der Waals surface area contributed by atoms with Gasteiger partial charge < -0.3 is 14.8 Å². The first-order valence-corrected chi connectivity index (χ1v) is 9.14. The Morgan fingerprint density at radius 1 is 1.03 bits per heavy atom. The molecule has 32 heavy (non-hydrogen) atoms. The second-order valence-electron chi connectivity index (χ2n) is 6.40. The van der Waals surface area contributed by atoms with E-state index < -0.39 is 24.1 Å². The van der Waals surface area contributed by atoms with Gasteiger partial charge in [0.2, 0.25) is 6.41 Å². The summed E-state index contributed by atoms with van der Waals surface area (Å²) >= 11 is 0. The van der Waals surface area contributed by atoms with E-state index in [-0.39, 0.29) is 20.3 Å². The van der Waals surface area contributed by atoms with E-state index in [0.717, 1.165) is 16.7 Å². The number of carbonyl (C=O) groups excluding carboxylic acids is 5. The van der Waals surface area contributed by atoms with Crippen molar-refractivity contribution in [1.29, 1.82) is 0 Å². The Kier molecular flexibility index (Phi) is 8.05. The summed E-state index contributed by atoms with van der Waals surface area (Å²) in [6, 6.07) is 12.6. The molecular weight excluding hydrogens is 420 g/mol. The summed E-state index contributed by atoms with van der Waals surface area (Å²) in [6.45, 7) is 0.375. The number of ether oxygens (including phenoxy) is 2. The Morgan fingerprint density at radius 2 is 1.66 bits per heavy atom. The van der Waals surface area contributed by atoms with Crippen molar-refractivity contribution in [3.63, 3.8) is 0 Å². The zero-order valence-electron chi connectivity index (χ0n) is 16.4. The molecule has 1 aliphatic heterocycles. The number of carbonyl (C=O) groups is 5. The van der Waals surface area contributed by atoms with Gasteiger partial charge >= 0.3 is 6.16 Å². The van der Waals surface area contributed by atoms with E-state index in [1.54, 1.807) is 12.1 Å². The molecule has 1 saturated heterocycles. The summed E-state index contributed by atoms with van der Waals surface area (Å²) in [4.78, 5) is 59.9. The highest BCUT2D eigenvalue weighted by Crippen LogP contribution is 2.46. The molecule has 1 fully saturated rings. The second kappa shape index (κ2) is 10.7. The average Bonchev–Trinajstić information content (AvgIpc) is 3.26. The first-order chi connectivity index (χ1) is 15.0. The van der Waals surface area contributed by atoms with Crippen molar-refractivity contribution in [3.05, 3.63) is 53.6 Å². The molecule has 0 saturated carbocycles. The van der Waals surface area contributed by atoms with Crippen LogP contribution >= 0.6 is 0 Å². The monoisotopic (exact) mass is 442 g/mol. The molecule has 1 unspecified atom stereocenters. The van der Waals surface area contributed by atoms with E-state index in [4.69, 9.17) is 14.4 Å². The highest BCUT2D eigenvalue weighted by Gasteiger charge is 2.36. The van der Waals surface area contributed by atoms with Gasteiger partial charge in [0.25, 0.3) is 18.3 Å². The Hall–Kier alpha value is -4.21. The van der Waals surface area contributed by atoms with Crippen molar-refractivity contribution in [2.45, 2.75) is 26.4 Å². The van der Waals surface area contributed by atoms with Crippen LogP contribution < -0.4 is 5.32 Å². The number of nitrogens with one attached hydrogen (secondary N) is 1. The molecule has 0 bridgehead atoms. The Labute approximate surface area is 184 Å². The van der Waals surface area contributed by atoms with E-state index >= 15 is 0 Å². The number of benzene rings is 2. The summed E-state index contributed by atoms with van der Waals surface area (Å²) in [5.41, 5.74) is 3.69. The predicted octanol–water partition coefficient (Wildman–Crippen LogP) is 2.97. The Bertz CT molecular complexity index is 1020. The second-order valence-corrected chi connectivity index (χ2v) is 6.40. The minimum Gasteiger partial charge on any atom is -0.471 e. The standard InChI is InChI=1S/C19H14N2O6.C2H4O2.CH4/c22-10-20-11-5-6-13-12-3-1-2-4-14(12)18(15(13)9-11)26-19(25)27-21-16(23)7-8-17(21)24;1-4-2-3;/h1-6,9-10,18H,7-8H2,(H,20,22);2H,1H3;1H4. The van der Waals surface area contributed by atoms with Crippen LogP contribution in [0.15, 0.2) is 42.5 Å². The van der Waals surface area contributed by atoms with Crippen LogP contribution in [0.3, 0.4) is 0 Å². The van der Waals surface area contributed by atoms with Gasteiger partial charge in [-0.3, -0.25) is 24.0 Å². The minimum absolute atomic E-state index is 0. The lowest BCUT2D eigenvalue weighted by Crippen LogP contribution is -2.32. The third-order valence-electron chi connectivity index (χ3n) is 4.57. The number of amides is 3. The summed E-state index contributed by atoms with van der Waals surface area (Å²) in [5.74, 6) is -1.16. The fraction of sp³-hybridized carbons (Fsp3) is 0.227. The molecule has 2 aromatic carbocycles. The summed E-state index contributed by atoms with van der Waals surface area (Å²) in [6.07, 6.45) is -1.38. The van der Waals surface area contributed by atoms with Gasteiger partial charge in [0, 0.05) is 29.7 Å². The van der Waals surface area contributed by atoms with Gasteiger partial charge in [-0.1, -0.05) is 42.8 Å². The van der Waals surface area contributed by atoms with Gasteiger partial charge in [0.1, 0.15) is 0 Å². The highest BCUT2D eigenvalue weighted by molar-refractivity contribution is 6.01. The third-order valence-corrected chi connectivity index (χ3v) is 4.57. The van der Waals surface area contributed by atoms with Gasteiger partial charge in [-0.2, -0.15) is 0 Å². The topological polar surface area (TPSA) is 128 Å². The van der Waals surface area contributed by atoms with E-state index in [2.05, 4.69) is 10.1 Å². The lowest BCUT2D eigenvalue weighted by molar-refractivity contribution is -0.178. The maximum atomic E-state index is 12.2. The molecule has 3 amide bonds. The molecule has 1 atom stereocenters. The van der Waals surface area contributed by atoms with Crippen LogP contribution in [0.5, 0.6) is 0 Å². The van der Waals surface area contributed by atoms with Gasteiger partial charge in [0.05, 0.1) is 7.11 Å². The first kappa shape index (κ1) is 24.1. The molecule has 0 aromatic heterocycles. The zero-order chi connectivity index (χ0) is 22.4. The van der Waals surface area contributed by atoms with Crippen molar-refractivity contribution in [2.24, 2.45) is 0 Å². The number of nitrogens with zero attached hydrogens (tertiary/aromatic N) is 1. The van der Waals surface area contributed by atoms with Crippen molar-refractivity contribution < 1.29 is 38.3 Å². The number of hydrogen-bond donors (Lipinski definition) is 1. The van der Waals surface area contributed by atoms with Gasteiger partial charge in [-0.15, -0.1) is 0 Å². The van der Waals surface area contributed by atoms with Crippen LogP contribution in [0.1, 0.15) is 37.5 Å². The zero-order valence-corrected chi connectivity index (χ0v) is 16.4. The molecule has 1 N–H and O–H groups in total. The van der Waals surface area contributed by atoms with Crippen molar-refractivity contribution in [3.8, 4) is 11.1 Å². The number of hydrogen-bond acceptors (Lipinski definition) is 8. The lowest BCUT2D eigenvalue weighted by Gasteiger charge is -2.17. The van der Waals surface area contributed by atoms with Crippen LogP contribution in [0.4, 0.5) is 10.5 Å². The number of fused-ring (bicyclic) bond motifs is 3. The molecule has 10 nitrogen and oxygen atoms in total. The average molecular weight is 442 g/mol. The van der Waals surface area contributed by atoms with Crippen LogP contribution in [0.25, 0.3) is 11.1 Å². The van der Waals surface area contributed by atoms with E-state index in [0.29, 0.717) is 29.2 Å². The SMILES string of the molecule is C.COC=O.O=CNc1ccc2c(c1)C(OC(=O)ON1C(=O)CCC1=O)c1ccccc1-2. The number of methoxy groups -OCH3 is 1. The molecule has 2 aromatic rings. The fourth-order valence-corrected chi connectivity index (χ4v) is 3.30. The number of rotatable bonds is 5. The minimum atomic E-state index is -1.15. The molecule has 4 rings (SSSR count).